The van der Waals surface area contributed by atoms with E-state index in [1.54, 1.807) is 0 Å². The van der Waals surface area contributed by atoms with E-state index in [0.717, 1.165) is 18.5 Å². The third-order valence-electron chi connectivity index (χ3n) is 4.02. The second-order valence-corrected chi connectivity index (χ2v) is 5.73. The summed E-state index contributed by atoms with van der Waals surface area (Å²) in [5, 5.41) is 6.34. The van der Waals surface area contributed by atoms with Crippen molar-refractivity contribution in [3.05, 3.63) is 71.8 Å². The third kappa shape index (κ3) is 4.41. The molecule has 120 valence electrons. The van der Waals surface area contributed by atoms with Crippen molar-refractivity contribution < 1.29 is 9.53 Å². The SMILES string of the molecule is O=C(NC(Cc1ccccc1)c1ccccc1)C1CNCCO1. The minimum atomic E-state index is -0.411. The number of nitrogens with one attached hydrogen (secondary N) is 2. The number of hydrogen-bond acceptors (Lipinski definition) is 3. The fourth-order valence-electron chi connectivity index (χ4n) is 2.79. The Morgan fingerprint density at radius 2 is 1.83 bits per heavy atom. The summed E-state index contributed by atoms with van der Waals surface area (Å²) in [6.45, 7) is 1.95. The first kappa shape index (κ1) is 15.7. The molecule has 4 heteroatoms. The monoisotopic (exact) mass is 310 g/mol. The van der Waals surface area contributed by atoms with E-state index in [4.69, 9.17) is 4.74 Å². The lowest BCUT2D eigenvalue weighted by Crippen LogP contribution is -2.48. The fraction of sp³-hybridized carbons (Fsp3) is 0.316. The Morgan fingerprint density at radius 3 is 2.48 bits per heavy atom. The van der Waals surface area contributed by atoms with Crippen molar-refractivity contribution in [1.82, 2.24) is 10.6 Å². The number of morpholine rings is 1. The summed E-state index contributed by atoms with van der Waals surface area (Å²) in [5.74, 6) is -0.0537. The molecule has 2 N–H and O–H groups in total. The molecule has 0 spiro atoms. The van der Waals surface area contributed by atoms with Gasteiger partial charge in [0.05, 0.1) is 12.6 Å². The highest BCUT2D eigenvalue weighted by atomic mass is 16.5. The molecule has 1 amide bonds. The minimum Gasteiger partial charge on any atom is -0.366 e. The van der Waals surface area contributed by atoms with Crippen LogP contribution in [-0.4, -0.2) is 31.7 Å². The summed E-state index contributed by atoms with van der Waals surface area (Å²) in [6.07, 6.45) is 0.349. The van der Waals surface area contributed by atoms with Crippen molar-refractivity contribution >= 4 is 5.91 Å². The molecule has 0 aromatic heterocycles. The molecule has 0 radical (unpaired) electrons. The van der Waals surface area contributed by atoms with Crippen LogP contribution in [-0.2, 0) is 16.0 Å². The number of carbonyl (C=O) groups is 1. The van der Waals surface area contributed by atoms with Crippen LogP contribution in [0.25, 0.3) is 0 Å². The fourth-order valence-corrected chi connectivity index (χ4v) is 2.79. The molecule has 23 heavy (non-hydrogen) atoms. The van der Waals surface area contributed by atoms with E-state index in [9.17, 15) is 4.79 Å². The summed E-state index contributed by atoms with van der Waals surface area (Å²) in [6, 6.07) is 20.2. The summed E-state index contributed by atoms with van der Waals surface area (Å²) >= 11 is 0. The number of ether oxygens (including phenoxy) is 1. The van der Waals surface area contributed by atoms with Gasteiger partial charge in [0.1, 0.15) is 6.10 Å². The number of hydrogen-bond donors (Lipinski definition) is 2. The molecule has 3 rings (SSSR count). The van der Waals surface area contributed by atoms with Crippen LogP contribution in [0.5, 0.6) is 0 Å². The van der Waals surface area contributed by atoms with Crippen molar-refractivity contribution in [1.29, 1.82) is 0 Å². The van der Waals surface area contributed by atoms with Gasteiger partial charge in [-0.15, -0.1) is 0 Å². The van der Waals surface area contributed by atoms with Crippen LogP contribution in [0.15, 0.2) is 60.7 Å². The van der Waals surface area contributed by atoms with Gasteiger partial charge >= 0.3 is 0 Å². The maximum atomic E-state index is 12.5. The molecular weight excluding hydrogens is 288 g/mol. The Morgan fingerprint density at radius 1 is 1.13 bits per heavy atom. The number of amides is 1. The largest absolute Gasteiger partial charge is 0.366 e. The standard InChI is InChI=1S/C19H22N2O2/c22-19(18-14-20-11-12-23-18)21-17(16-9-5-2-6-10-16)13-15-7-3-1-4-8-15/h1-10,17-18,20H,11-14H2,(H,21,22). The van der Waals surface area contributed by atoms with E-state index >= 15 is 0 Å². The van der Waals surface area contributed by atoms with E-state index < -0.39 is 6.10 Å². The lowest BCUT2D eigenvalue weighted by Gasteiger charge is -2.26. The quantitative estimate of drug-likeness (QED) is 0.889. The van der Waals surface area contributed by atoms with Gasteiger partial charge in [0.2, 0.25) is 0 Å². The van der Waals surface area contributed by atoms with E-state index in [1.165, 1.54) is 5.56 Å². The van der Waals surface area contributed by atoms with Gasteiger partial charge in [0.15, 0.2) is 0 Å². The van der Waals surface area contributed by atoms with Crippen molar-refractivity contribution in [3.63, 3.8) is 0 Å². The first-order chi connectivity index (χ1) is 11.3. The number of benzene rings is 2. The Balaban J connectivity index is 1.73. The highest BCUT2D eigenvalue weighted by Gasteiger charge is 2.24. The molecule has 2 unspecified atom stereocenters. The van der Waals surface area contributed by atoms with Gasteiger partial charge in [0.25, 0.3) is 5.91 Å². The Bertz CT molecular complexity index is 610. The highest BCUT2D eigenvalue weighted by Crippen LogP contribution is 2.19. The average Bonchev–Trinajstić information content (AvgIpc) is 2.63. The van der Waals surface area contributed by atoms with E-state index in [-0.39, 0.29) is 11.9 Å². The predicted molar refractivity (Wildman–Crippen MR) is 90.1 cm³/mol. The van der Waals surface area contributed by atoms with Gasteiger partial charge in [-0.05, 0) is 17.5 Å². The van der Waals surface area contributed by atoms with E-state index in [0.29, 0.717) is 13.2 Å². The maximum Gasteiger partial charge on any atom is 0.250 e. The van der Waals surface area contributed by atoms with Gasteiger partial charge in [-0.3, -0.25) is 4.79 Å². The van der Waals surface area contributed by atoms with Crippen LogP contribution in [0.1, 0.15) is 17.2 Å². The van der Waals surface area contributed by atoms with Crippen molar-refractivity contribution in [2.24, 2.45) is 0 Å². The Kier molecular flexibility index (Phi) is 5.40. The number of rotatable bonds is 5. The van der Waals surface area contributed by atoms with Crippen LogP contribution in [0.4, 0.5) is 0 Å². The molecule has 2 aromatic carbocycles. The topological polar surface area (TPSA) is 50.4 Å². The maximum absolute atomic E-state index is 12.5. The molecule has 4 nitrogen and oxygen atoms in total. The molecule has 2 atom stereocenters. The van der Waals surface area contributed by atoms with Crippen molar-refractivity contribution in [2.75, 3.05) is 19.7 Å². The van der Waals surface area contributed by atoms with Gasteiger partial charge in [0, 0.05) is 13.1 Å². The third-order valence-corrected chi connectivity index (χ3v) is 4.02. The highest BCUT2D eigenvalue weighted by molar-refractivity contribution is 5.81. The van der Waals surface area contributed by atoms with Crippen LogP contribution < -0.4 is 10.6 Å². The van der Waals surface area contributed by atoms with Crippen LogP contribution in [0.2, 0.25) is 0 Å². The lowest BCUT2D eigenvalue weighted by molar-refractivity contribution is -0.135. The molecule has 0 bridgehead atoms. The Labute approximate surface area is 136 Å². The molecule has 1 aliphatic rings. The van der Waals surface area contributed by atoms with E-state index in [1.807, 2.05) is 48.5 Å². The van der Waals surface area contributed by atoms with Crippen LogP contribution in [0, 0.1) is 0 Å². The second-order valence-electron chi connectivity index (χ2n) is 5.73. The molecule has 0 aliphatic carbocycles. The van der Waals surface area contributed by atoms with Gasteiger partial charge in [-0.25, -0.2) is 0 Å². The van der Waals surface area contributed by atoms with Gasteiger partial charge in [-0.1, -0.05) is 60.7 Å². The van der Waals surface area contributed by atoms with Gasteiger partial charge < -0.3 is 15.4 Å². The smallest absolute Gasteiger partial charge is 0.250 e. The molecule has 1 heterocycles. The molecule has 2 aromatic rings. The predicted octanol–water partition coefficient (Wildman–Crippen LogP) is 2.07. The zero-order valence-corrected chi connectivity index (χ0v) is 13.1. The van der Waals surface area contributed by atoms with Crippen molar-refractivity contribution in [3.8, 4) is 0 Å². The molecule has 1 saturated heterocycles. The van der Waals surface area contributed by atoms with E-state index in [2.05, 4.69) is 22.8 Å². The molecule has 1 aliphatic heterocycles. The average molecular weight is 310 g/mol. The lowest BCUT2D eigenvalue weighted by atomic mass is 9.98. The minimum absolute atomic E-state index is 0.0537. The van der Waals surface area contributed by atoms with Gasteiger partial charge in [-0.2, -0.15) is 0 Å². The second kappa shape index (κ2) is 7.90. The normalized spacial score (nSPS) is 19.0. The molecule has 0 saturated carbocycles. The van der Waals surface area contributed by atoms with Crippen LogP contribution in [0.3, 0.4) is 0 Å². The molecular formula is C19H22N2O2. The van der Waals surface area contributed by atoms with Crippen LogP contribution >= 0.6 is 0 Å². The summed E-state index contributed by atoms with van der Waals surface area (Å²) in [7, 11) is 0. The zero-order chi connectivity index (χ0) is 15.9. The summed E-state index contributed by atoms with van der Waals surface area (Å²) in [5.41, 5.74) is 2.30. The van der Waals surface area contributed by atoms with Crippen molar-refractivity contribution in [2.45, 2.75) is 18.6 Å². The summed E-state index contributed by atoms with van der Waals surface area (Å²) in [4.78, 5) is 12.5. The first-order valence-corrected chi connectivity index (χ1v) is 8.04. The Hall–Kier alpha value is -2.17. The first-order valence-electron chi connectivity index (χ1n) is 8.04. The summed E-state index contributed by atoms with van der Waals surface area (Å²) < 4.78 is 5.55. The zero-order valence-electron chi connectivity index (χ0n) is 13.1. The number of carbonyl (C=O) groups excluding carboxylic acids is 1. The molecule has 1 fully saturated rings.